The number of carboxylic acids is 1. The third-order valence-electron chi connectivity index (χ3n) is 8.37. The zero-order valence-corrected chi connectivity index (χ0v) is 30.9. The van der Waals surface area contributed by atoms with E-state index >= 15 is 0 Å². The first-order valence-electron chi connectivity index (χ1n) is 18.9. The summed E-state index contributed by atoms with van der Waals surface area (Å²) in [5.74, 6) is -1.83. The molecular formula is C39H71NO7. The van der Waals surface area contributed by atoms with Gasteiger partial charge in [-0.1, -0.05) is 134 Å². The van der Waals surface area contributed by atoms with Gasteiger partial charge < -0.3 is 28.6 Å². The lowest BCUT2D eigenvalue weighted by Crippen LogP contribution is -2.55. The average Bonchev–Trinajstić information content (AvgIpc) is 3.01. The van der Waals surface area contributed by atoms with Crippen LogP contribution in [0.15, 0.2) is 24.3 Å². The van der Waals surface area contributed by atoms with Gasteiger partial charge in [-0.15, -0.1) is 0 Å². The Kier molecular flexibility index (Phi) is 29.7. The van der Waals surface area contributed by atoms with Crippen molar-refractivity contribution in [3.63, 3.8) is 0 Å². The number of carboxylic acid groups (broad SMARTS) is 1. The second-order valence-corrected chi connectivity index (χ2v) is 13.8. The van der Waals surface area contributed by atoms with Crippen LogP contribution in [-0.4, -0.2) is 75.5 Å². The number of hydrogen-bond donors (Lipinski definition) is 0. The number of ether oxygens (including phenoxy) is 3. The van der Waals surface area contributed by atoms with Crippen LogP contribution in [0, 0.1) is 0 Å². The zero-order chi connectivity index (χ0) is 35.0. The van der Waals surface area contributed by atoms with E-state index < -0.39 is 18.1 Å². The van der Waals surface area contributed by atoms with Gasteiger partial charge in [0.05, 0.1) is 40.3 Å². The molecule has 2 atom stereocenters. The predicted molar refractivity (Wildman–Crippen MR) is 190 cm³/mol. The van der Waals surface area contributed by atoms with E-state index in [1.54, 1.807) is 21.1 Å². The SMILES string of the molecule is CC/C=C/C/C=C/CCC(=O)OCC(COCCC(C(=O)[O-])[N+](C)(C)C)OC(=O)CCCCCCCCCCCCCCCCCC. The van der Waals surface area contributed by atoms with Gasteiger partial charge in [0.15, 0.2) is 6.10 Å². The van der Waals surface area contributed by atoms with Crippen LogP contribution in [0.1, 0.15) is 155 Å². The van der Waals surface area contributed by atoms with E-state index in [-0.39, 0.29) is 49.1 Å². The molecule has 0 saturated carbocycles. The van der Waals surface area contributed by atoms with Crippen LogP contribution in [0.3, 0.4) is 0 Å². The standard InChI is InChI=1S/C39H71NO7/c1-6-8-10-12-14-15-16-17-18-19-20-21-22-24-26-28-30-38(42)47-35(33-45-32-31-36(39(43)44)40(3,4)5)34-46-37(41)29-27-25-23-13-11-9-7-2/h9,11,23,25,35-36H,6-8,10,12-22,24,26-34H2,1-5H3/b11-9+,25-23+. The lowest BCUT2D eigenvalue weighted by molar-refractivity contribution is -0.889. The molecule has 0 saturated heterocycles. The van der Waals surface area contributed by atoms with Gasteiger partial charge in [-0.3, -0.25) is 9.59 Å². The number of esters is 2. The highest BCUT2D eigenvalue weighted by molar-refractivity contribution is 5.70. The van der Waals surface area contributed by atoms with Crippen LogP contribution in [0.25, 0.3) is 0 Å². The fraction of sp³-hybridized carbons (Fsp3) is 0.821. The third-order valence-corrected chi connectivity index (χ3v) is 8.37. The Balaban J connectivity index is 4.35. The number of carbonyl (C=O) groups excluding carboxylic acids is 3. The topological polar surface area (TPSA) is 102 Å². The highest BCUT2D eigenvalue weighted by Gasteiger charge is 2.25. The molecule has 0 heterocycles. The van der Waals surface area contributed by atoms with E-state index in [1.165, 1.54) is 83.5 Å². The first kappa shape index (κ1) is 44.8. The lowest BCUT2D eigenvalue weighted by Gasteiger charge is -2.34. The van der Waals surface area contributed by atoms with Crippen molar-refractivity contribution in [2.75, 3.05) is 41.0 Å². The summed E-state index contributed by atoms with van der Waals surface area (Å²) < 4.78 is 16.9. The van der Waals surface area contributed by atoms with Crippen molar-refractivity contribution in [2.45, 2.75) is 167 Å². The van der Waals surface area contributed by atoms with Gasteiger partial charge in [0.2, 0.25) is 0 Å². The van der Waals surface area contributed by atoms with Crippen LogP contribution in [0.4, 0.5) is 0 Å². The van der Waals surface area contributed by atoms with Crippen LogP contribution in [-0.2, 0) is 28.6 Å². The Morgan fingerprint density at radius 3 is 1.70 bits per heavy atom. The van der Waals surface area contributed by atoms with Crippen molar-refractivity contribution in [2.24, 2.45) is 0 Å². The molecular weight excluding hydrogens is 594 g/mol. The number of quaternary nitrogens is 1. The number of aliphatic carboxylic acids is 1. The fourth-order valence-corrected chi connectivity index (χ4v) is 5.42. The summed E-state index contributed by atoms with van der Waals surface area (Å²) >= 11 is 0. The summed E-state index contributed by atoms with van der Waals surface area (Å²) in [6.07, 6.45) is 31.0. The minimum atomic E-state index is -1.13. The van der Waals surface area contributed by atoms with Crippen LogP contribution < -0.4 is 5.11 Å². The minimum absolute atomic E-state index is 0.0263. The van der Waals surface area contributed by atoms with Gasteiger partial charge in [0.25, 0.3) is 0 Å². The van der Waals surface area contributed by atoms with Crippen molar-refractivity contribution in [1.29, 1.82) is 0 Å². The van der Waals surface area contributed by atoms with Crippen molar-refractivity contribution in [3.8, 4) is 0 Å². The number of hydrogen-bond acceptors (Lipinski definition) is 7. The molecule has 8 nitrogen and oxygen atoms in total. The second kappa shape index (κ2) is 31.1. The Labute approximate surface area is 288 Å². The summed E-state index contributed by atoms with van der Waals surface area (Å²) in [4.78, 5) is 36.4. The molecule has 0 rings (SSSR count). The molecule has 0 radical (unpaired) electrons. The number of allylic oxidation sites excluding steroid dienone is 4. The molecule has 0 aromatic rings. The number of unbranched alkanes of at least 4 members (excludes halogenated alkanes) is 15. The molecule has 0 bridgehead atoms. The molecule has 0 N–H and O–H groups in total. The summed E-state index contributed by atoms with van der Waals surface area (Å²) in [5, 5.41) is 11.5. The van der Waals surface area contributed by atoms with Crippen molar-refractivity contribution in [3.05, 3.63) is 24.3 Å². The maximum absolute atomic E-state index is 12.6. The van der Waals surface area contributed by atoms with Gasteiger partial charge in [-0.25, -0.2) is 0 Å². The zero-order valence-electron chi connectivity index (χ0n) is 30.9. The van der Waals surface area contributed by atoms with E-state index in [4.69, 9.17) is 14.2 Å². The molecule has 0 aliphatic rings. The predicted octanol–water partition coefficient (Wildman–Crippen LogP) is 8.02. The molecule has 274 valence electrons. The number of likely N-dealkylation sites (N-methyl/N-ethyl adjacent to an activating group) is 1. The quantitative estimate of drug-likeness (QED) is 0.0303. The van der Waals surface area contributed by atoms with Crippen LogP contribution >= 0.6 is 0 Å². The van der Waals surface area contributed by atoms with E-state index in [0.717, 1.165) is 32.1 Å². The van der Waals surface area contributed by atoms with Crippen molar-refractivity contribution >= 4 is 17.9 Å². The fourth-order valence-electron chi connectivity index (χ4n) is 5.42. The summed E-state index contributed by atoms with van der Waals surface area (Å²) in [5.41, 5.74) is 0. The number of nitrogens with zero attached hydrogens (tertiary/aromatic N) is 1. The van der Waals surface area contributed by atoms with E-state index in [2.05, 4.69) is 26.0 Å². The Morgan fingerprint density at radius 1 is 0.660 bits per heavy atom. The molecule has 2 unspecified atom stereocenters. The van der Waals surface area contributed by atoms with Crippen LogP contribution in [0.5, 0.6) is 0 Å². The highest BCUT2D eigenvalue weighted by atomic mass is 16.6. The Hall–Kier alpha value is -2.19. The van der Waals surface area contributed by atoms with Gasteiger partial charge >= 0.3 is 11.9 Å². The maximum Gasteiger partial charge on any atom is 0.306 e. The van der Waals surface area contributed by atoms with E-state index in [9.17, 15) is 19.5 Å². The maximum atomic E-state index is 12.6. The van der Waals surface area contributed by atoms with Crippen molar-refractivity contribution < 1.29 is 38.2 Å². The number of carbonyl (C=O) groups is 3. The van der Waals surface area contributed by atoms with E-state index in [0.29, 0.717) is 12.8 Å². The molecule has 0 fully saturated rings. The summed E-state index contributed by atoms with van der Waals surface area (Å²) in [6.45, 7) is 4.44. The molecule has 8 heteroatoms. The second-order valence-electron chi connectivity index (χ2n) is 13.8. The number of rotatable bonds is 33. The van der Waals surface area contributed by atoms with Gasteiger partial charge in [0.1, 0.15) is 12.6 Å². The van der Waals surface area contributed by atoms with Gasteiger partial charge in [-0.2, -0.15) is 0 Å². The van der Waals surface area contributed by atoms with E-state index in [1.807, 2.05) is 12.2 Å². The first-order chi connectivity index (χ1) is 22.6. The summed E-state index contributed by atoms with van der Waals surface area (Å²) in [7, 11) is 5.38. The van der Waals surface area contributed by atoms with Gasteiger partial charge in [0, 0.05) is 19.3 Å². The Bertz CT molecular complexity index is 834. The highest BCUT2D eigenvalue weighted by Crippen LogP contribution is 2.15. The third kappa shape index (κ3) is 29.7. The average molecular weight is 666 g/mol. The van der Waals surface area contributed by atoms with Crippen LogP contribution in [0.2, 0.25) is 0 Å². The first-order valence-corrected chi connectivity index (χ1v) is 18.9. The molecule has 0 spiro atoms. The molecule has 47 heavy (non-hydrogen) atoms. The lowest BCUT2D eigenvalue weighted by atomic mass is 10.0. The minimum Gasteiger partial charge on any atom is -0.544 e. The molecule has 0 aromatic carbocycles. The van der Waals surface area contributed by atoms with Gasteiger partial charge in [-0.05, 0) is 25.7 Å². The normalized spacial score (nSPS) is 13.3. The monoisotopic (exact) mass is 666 g/mol. The molecule has 0 aliphatic carbocycles. The summed E-state index contributed by atoms with van der Waals surface area (Å²) in [6, 6.07) is -0.728. The molecule has 0 aromatic heterocycles. The molecule has 0 amide bonds. The molecule has 0 aliphatic heterocycles. The van der Waals surface area contributed by atoms with Crippen molar-refractivity contribution in [1.82, 2.24) is 0 Å². The smallest absolute Gasteiger partial charge is 0.306 e. The Morgan fingerprint density at radius 2 is 1.19 bits per heavy atom. The largest absolute Gasteiger partial charge is 0.544 e.